The van der Waals surface area contributed by atoms with Crippen LogP contribution in [-0.4, -0.2) is 20.7 Å². The number of nitrogens with zero attached hydrogens (tertiary/aromatic N) is 3. The number of carbonyl (C=O) groups excluding carboxylic acids is 1. The minimum absolute atomic E-state index is 0.0268. The highest BCUT2D eigenvalue weighted by atomic mass is 35.5. The maximum absolute atomic E-state index is 12.6. The number of aryl methyl sites for hydroxylation is 2. The summed E-state index contributed by atoms with van der Waals surface area (Å²) in [6.07, 6.45) is 1.11. The van der Waals surface area contributed by atoms with Crippen LogP contribution in [-0.2, 0) is 17.8 Å². The van der Waals surface area contributed by atoms with Gasteiger partial charge in [0.1, 0.15) is 0 Å². The van der Waals surface area contributed by atoms with Gasteiger partial charge in [-0.2, -0.15) is 4.98 Å². The number of benzene rings is 3. The SMILES string of the molecule is Cc1ccc(Cn2nc(Cl)nc2Sc2ccccc2NC(=O)CCc2ccccc2)cc1. The number of carbonyl (C=O) groups is 1. The molecule has 0 aliphatic rings. The first-order valence-corrected chi connectivity index (χ1v) is 11.5. The number of amides is 1. The normalized spacial score (nSPS) is 10.8. The lowest BCUT2D eigenvalue weighted by atomic mass is 10.1. The van der Waals surface area contributed by atoms with Crippen molar-refractivity contribution in [1.82, 2.24) is 14.8 Å². The first kappa shape index (κ1) is 22.1. The first-order chi connectivity index (χ1) is 15.6. The highest BCUT2D eigenvalue weighted by Crippen LogP contribution is 2.33. The van der Waals surface area contributed by atoms with Gasteiger partial charge in [0.05, 0.1) is 12.2 Å². The highest BCUT2D eigenvalue weighted by Gasteiger charge is 2.14. The smallest absolute Gasteiger partial charge is 0.243 e. The van der Waals surface area contributed by atoms with Gasteiger partial charge in [0.25, 0.3) is 0 Å². The topological polar surface area (TPSA) is 59.8 Å². The largest absolute Gasteiger partial charge is 0.325 e. The van der Waals surface area contributed by atoms with Crippen molar-refractivity contribution in [2.45, 2.75) is 36.4 Å². The van der Waals surface area contributed by atoms with Crippen molar-refractivity contribution in [3.8, 4) is 0 Å². The van der Waals surface area contributed by atoms with Crippen molar-refractivity contribution in [2.75, 3.05) is 5.32 Å². The first-order valence-electron chi connectivity index (χ1n) is 10.3. The van der Waals surface area contributed by atoms with E-state index in [1.165, 1.54) is 17.3 Å². The molecule has 1 amide bonds. The van der Waals surface area contributed by atoms with Crippen molar-refractivity contribution < 1.29 is 4.79 Å². The predicted octanol–water partition coefficient (Wildman–Crippen LogP) is 6.01. The van der Waals surface area contributed by atoms with E-state index >= 15 is 0 Å². The van der Waals surface area contributed by atoms with E-state index in [1.807, 2.05) is 54.6 Å². The lowest BCUT2D eigenvalue weighted by Gasteiger charge is -2.11. The van der Waals surface area contributed by atoms with E-state index in [-0.39, 0.29) is 11.2 Å². The zero-order valence-corrected chi connectivity index (χ0v) is 19.2. The summed E-state index contributed by atoms with van der Waals surface area (Å²) in [6, 6.07) is 26.0. The molecule has 7 heteroatoms. The molecule has 4 rings (SSSR count). The third-order valence-corrected chi connectivity index (χ3v) is 6.13. The summed E-state index contributed by atoms with van der Waals surface area (Å²) < 4.78 is 1.78. The molecule has 3 aromatic carbocycles. The number of anilines is 1. The van der Waals surface area contributed by atoms with Gasteiger partial charge in [-0.05, 0) is 60.0 Å². The van der Waals surface area contributed by atoms with Crippen LogP contribution >= 0.6 is 23.4 Å². The number of nitrogens with one attached hydrogen (secondary N) is 1. The Labute approximate surface area is 196 Å². The number of hydrogen-bond acceptors (Lipinski definition) is 4. The third kappa shape index (κ3) is 5.99. The fourth-order valence-corrected chi connectivity index (χ4v) is 4.36. The third-order valence-electron chi connectivity index (χ3n) is 4.91. The van der Waals surface area contributed by atoms with Crippen LogP contribution in [0.15, 0.2) is 88.9 Å². The summed E-state index contributed by atoms with van der Waals surface area (Å²) in [5.74, 6) is -0.0268. The molecule has 162 valence electrons. The van der Waals surface area contributed by atoms with Gasteiger partial charge in [-0.3, -0.25) is 4.79 Å². The molecule has 0 aliphatic carbocycles. The van der Waals surface area contributed by atoms with E-state index in [0.717, 1.165) is 21.7 Å². The van der Waals surface area contributed by atoms with Gasteiger partial charge >= 0.3 is 0 Å². The van der Waals surface area contributed by atoms with Crippen molar-refractivity contribution in [1.29, 1.82) is 0 Å². The minimum atomic E-state index is -0.0268. The van der Waals surface area contributed by atoms with Crippen LogP contribution in [0.4, 0.5) is 5.69 Å². The van der Waals surface area contributed by atoms with Gasteiger partial charge in [0.2, 0.25) is 11.2 Å². The van der Waals surface area contributed by atoms with Crippen LogP contribution in [0.25, 0.3) is 0 Å². The maximum Gasteiger partial charge on any atom is 0.243 e. The molecule has 0 aliphatic heterocycles. The standard InChI is InChI=1S/C25H23ClN4OS/c1-18-11-13-20(14-12-18)17-30-25(28-24(26)29-30)32-22-10-6-5-9-21(22)27-23(31)16-15-19-7-3-2-4-8-19/h2-14H,15-17H2,1H3,(H,27,31). The van der Waals surface area contributed by atoms with Gasteiger partial charge in [0, 0.05) is 11.3 Å². The molecular formula is C25H23ClN4OS. The van der Waals surface area contributed by atoms with Gasteiger partial charge in [0.15, 0.2) is 5.16 Å². The monoisotopic (exact) mass is 462 g/mol. The average molecular weight is 463 g/mol. The van der Waals surface area contributed by atoms with Crippen molar-refractivity contribution in [2.24, 2.45) is 0 Å². The molecule has 0 unspecified atom stereocenters. The van der Waals surface area contributed by atoms with Gasteiger partial charge in [-0.25, -0.2) is 4.68 Å². The molecule has 0 atom stereocenters. The van der Waals surface area contributed by atoms with Gasteiger partial charge in [-0.15, -0.1) is 5.10 Å². The van der Waals surface area contributed by atoms with E-state index in [2.05, 4.69) is 46.6 Å². The molecule has 0 spiro atoms. The summed E-state index contributed by atoms with van der Waals surface area (Å²) in [5.41, 5.74) is 4.21. The fraction of sp³-hybridized carbons (Fsp3) is 0.160. The molecule has 0 fully saturated rings. The summed E-state index contributed by atoms with van der Waals surface area (Å²) in [5, 5.41) is 8.24. The van der Waals surface area contributed by atoms with Crippen LogP contribution in [0.3, 0.4) is 0 Å². The second kappa shape index (κ2) is 10.5. The Hall–Kier alpha value is -3.09. The lowest BCUT2D eigenvalue weighted by molar-refractivity contribution is -0.116. The molecule has 0 radical (unpaired) electrons. The highest BCUT2D eigenvalue weighted by molar-refractivity contribution is 7.99. The number of hydrogen-bond donors (Lipinski definition) is 1. The van der Waals surface area contributed by atoms with Crippen molar-refractivity contribution in [3.05, 3.63) is 101 Å². The van der Waals surface area contributed by atoms with Crippen molar-refractivity contribution in [3.63, 3.8) is 0 Å². The molecule has 1 aromatic heterocycles. The summed E-state index contributed by atoms with van der Waals surface area (Å²) in [7, 11) is 0. The molecule has 32 heavy (non-hydrogen) atoms. The second-order valence-corrected chi connectivity index (χ2v) is 8.79. The van der Waals surface area contributed by atoms with E-state index < -0.39 is 0 Å². The van der Waals surface area contributed by atoms with E-state index in [4.69, 9.17) is 11.6 Å². The Morgan fingerprint density at radius 1 is 0.969 bits per heavy atom. The van der Waals surface area contributed by atoms with E-state index in [0.29, 0.717) is 24.5 Å². The lowest BCUT2D eigenvalue weighted by Crippen LogP contribution is -2.13. The Morgan fingerprint density at radius 3 is 2.47 bits per heavy atom. The summed E-state index contributed by atoms with van der Waals surface area (Å²) in [6.45, 7) is 2.62. The van der Waals surface area contributed by atoms with Crippen molar-refractivity contribution >= 4 is 35.0 Å². The Bertz CT molecular complexity index is 1190. The molecule has 4 aromatic rings. The number of halogens is 1. The van der Waals surface area contributed by atoms with Gasteiger partial charge in [-0.1, -0.05) is 72.3 Å². The van der Waals surface area contributed by atoms with Crippen LogP contribution in [0.5, 0.6) is 0 Å². The van der Waals surface area contributed by atoms with Crippen LogP contribution in [0, 0.1) is 6.92 Å². The average Bonchev–Trinajstić information content (AvgIpc) is 3.14. The molecule has 0 bridgehead atoms. The molecule has 5 nitrogen and oxygen atoms in total. The predicted molar refractivity (Wildman–Crippen MR) is 129 cm³/mol. The molecule has 0 saturated carbocycles. The molecular weight excluding hydrogens is 440 g/mol. The Balaban J connectivity index is 1.46. The van der Waals surface area contributed by atoms with Gasteiger partial charge < -0.3 is 5.32 Å². The maximum atomic E-state index is 12.6. The van der Waals surface area contributed by atoms with E-state index in [1.54, 1.807) is 4.68 Å². The molecule has 1 N–H and O–H groups in total. The fourth-order valence-electron chi connectivity index (χ4n) is 3.22. The zero-order chi connectivity index (χ0) is 22.3. The quantitative estimate of drug-likeness (QED) is 0.348. The number of aromatic nitrogens is 3. The Morgan fingerprint density at radius 2 is 1.69 bits per heavy atom. The zero-order valence-electron chi connectivity index (χ0n) is 17.7. The Kier molecular flexibility index (Phi) is 7.24. The molecule has 1 heterocycles. The molecule has 0 saturated heterocycles. The number of rotatable bonds is 8. The minimum Gasteiger partial charge on any atom is -0.325 e. The summed E-state index contributed by atoms with van der Waals surface area (Å²) >= 11 is 7.55. The van der Waals surface area contributed by atoms with E-state index in [9.17, 15) is 4.79 Å². The second-order valence-electron chi connectivity index (χ2n) is 7.44. The van der Waals surface area contributed by atoms with Crippen LogP contribution < -0.4 is 5.32 Å². The van der Waals surface area contributed by atoms with Crippen LogP contribution in [0.2, 0.25) is 5.28 Å². The number of para-hydroxylation sites is 1. The van der Waals surface area contributed by atoms with Crippen LogP contribution in [0.1, 0.15) is 23.1 Å². The summed E-state index contributed by atoms with van der Waals surface area (Å²) in [4.78, 5) is 17.8.